The van der Waals surface area contributed by atoms with Crippen molar-refractivity contribution in [3.8, 4) is 17.2 Å². The van der Waals surface area contributed by atoms with Gasteiger partial charge < -0.3 is 29.3 Å². The Balaban J connectivity index is 0.000000392. The minimum Gasteiger partial charge on any atom is -0.493 e. The summed E-state index contributed by atoms with van der Waals surface area (Å²) in [7, 11) is 3.39. The standard InChI is InChI=1S/C24H31NO3.C4H4O4/c1-26-23-8-7-20(17-24(23)27-2)18-9-13-25(14-10-18)15-11-19-12-16-28-22-6-4-3-5-21(19)22;5-3(6)1-2-4(7)8/h3-8,17-19H,9-16H2,1-2H3;1-2H,(H,5,6)(H,7,8). The Hall–Kier alpha value is -3.52. The molecule has 0 spiro atoms. The Morgan fingerprint density at radius 3 is 2.28 bits per heavy atom. The van der Waals surface area contributed by atoms with E-state index in [1.54, 1.807) is 14.2 Å². The average molecular weight is 498 g/mol. The first-order valence-corrected chi connectivity index (χ1v) is 12.2. The third-order valence-corrected chi connectivity index (χ3v) is 6.71. The third kappa shape index (κ3) is 7.75. The molecule has 4 rings (SSSR count). The highest BCUT2D eigenvalue weighted by Crippen LogP contribution is 2.37. The maximum Gasteiger partial charge on any atom is 0.328 e. The van der Waals surface area contributed by atoms with Crippen LogP contribution in [0.2, 0.25) is 0 Å². The van der Waals surface area contributed by atoms with E-state index in [9.17, 15) is 9.59 Å². The predicted molar refractivity (Wildman–Crippen MR) is 136 cm³/mol. The molecule has 2 N–H and O–H groups in total. The molecule has 8 heteroatoms. The van der Waals surface area contributed by atoms with E-state index in [0.717, 1.165) is 30.3 Å². The van der Waals surface area contributed by atoms with Crippen LogP contribution in [0, 0.1) is 0 Å². The van der Waals surface area contributed by atoms with Crippen molar-refractivity contribution < 1.29 is 34.0 Å². The molecule has 1 unspecified atom stereocenters. The molecule has 194 valence electrons. The molecule has 2 heterocycles. The number of rotatable bonds is 8. The minimum absolute atomic E-state index is 0.558. The van der Waals surface area contributed by atoms with E-state index < -0.39 is 11.9 Å². The molecule has 0 bridgehead atoms. The molecule has 0 aliphatic carbocycles. The lowest BCUT2D eigenvalue weighted by Crippen LogP contribution is -2.34. The van der Waals surface area contributed by atoms with Gasteiger partial charge in [-0.2, -0.15) is 0 Å². The normalized spacial score (nSPS) is 17.9. The van der Waals surface area contributed by atoms with Crippen molar-refractivity contribution in [1.82, 2.24) is 4.90 Å². The van der Waals surface area contributed by atoms with Gasteiger partial charge in [0, 0.05) is 12.2 Å². The van der Waals surface area contributed by atoms with Gasteiger partial charge in [-0.1, -0.05) is 24.3 Å². The van der Waals surface area contributed by atoms with Gasteiger partial charge in [0.15, 0.2) is 11.5 Å². The predicted octanol–water partition coefficient (Wildman–Crippen LogP) is 4.55. The molecule has 0 saturated carbocycles. The SMILES string of the molecule is COc1ccc(C2CCN(CCC3CCOc4ccccc43)CC2)cc1OC.O=C(O)C=CC(=O)O. The number of carbonyl (C=O) groups is 2. The number of carboxylic acids is 2. The number of aliphatic carboxylic acids is 2. The molecular weight excluding hydrogens is 462 g/mol. The lowest BCUT2D eigenvalue weighted by atomic mass is 9.87. The fourth-order valence-corrected chi connectivity index (χ4v) is 4.79. The first kappa shape index (κ1) is 27.1. The summed E-state index contributed by atoms with van der Waals surface area (Å²) in [6.45, 7) is 4.37. The summed E-state index contributed by atoms with van der Waals surface area (Å²) in [5, 5.41) is 15.6. The number of para-hydroxylation sites is 1. The fourth-order valence-electron chi connectivity index (χ4n) is 4.79. The van der Waals surface area contributed by atoms with Crippen molar-refractivity contribution in [2.45, 2.75) is 37.5 Å². The molecule has 0 aromatic heterocycles. The second-order valence-corrected chi connectivity index (χ2v) is 8.90. The number of hydrogen-bond acceptors (Lipinski definition) is 6. The summed E-state index contributed by atoms with van der Waals surface area (Å²) in [5.74, 6) is 1.46. The second-order valence-electron chi connectivity index (χ2n) is 8.90. The van der Waals surface area contributed by atoms with Gasteiger partial charge in [0.1, 0.15) is 5.75 Å². The Bertz CT molecular complexity index is 1030. The van der Waals surface area contributed by atoms with Crippen molar-refractivity contribution in [2.24, 2.45) is 0 Å². The first-order chi connectivity index (χ1) is 17.4. The van der Waals surface area contributed by atoms with Gasteiger partial charge in [0.05, 0.1) is 20.8 Å². The molecule has 2 aliphatic rings. The van der Waals surface area contributed by atoms with E-state index in [0.29, 0.717) is 24.0 Å². The van der Waals surface area contributed by atoms with E-state index in [-0.39, 0.29) is 0 Å². The topological polar surface area (TPSA) is 106 Å². The summed E-state index contributed by atoms with van der Waals surface area (Å²) < 4.78 is 16.7. The molecule has 0 amide bonds. The molecule has 1 atom stereocenters. The van der Waals surface area contributed by atoms with Crippen molar-refractivity contribution in [3.63, 3.8) is 0 Å². The Labute approximate surface area is 212 Å². The number of hydrogen-bond donors (Lipinski definition) is 2. The quantitative estimate of drug-likeness (QED) is 0.512. The fraction of sp³-hybridized carbons (Fsp3) is 0.429. The number of nitrogens with zero attached hydrogens (tertiary/aromatic N) is 1. The van der Waals surface area contributed by atoms with Gasteiger partial charge in [-0.25, -0.2) is 9.59 Å². The summed E-state index contributed by atoms with van der Waals surface area (Å²) >= 11 is 0. The van der Waals surface area contributed by atoms with Gasteiger partial charge in [-0.05, 0) is 86.5 Å². The minimum atomic E-state index is -1.26. The van der Waals surface area contributed by atoms with Crippen LogP contribution >= 0.6 is 0 Å². The Kier molecular flexibility index (Phi) is 10.2. The van der Waals surface area contributed by atoms with Crippen LogP contribution in [0.25, 0.3) is 0 Å². The van der Waals surface area contributed by atoms with Gasteiger partial charge in [-0.3, -0.25) is 0 Å². The zero-order valence-electron chi connectivity index (χ0n) is 20.9. The molecule has 8 nitrogen and oxygen atoms in total. The summed E-state index contributed by atoms with van der Waals surface area (Å²) in [5.41, 5.74) is 2.77. The highest BCUT2D eigenvalue weighted by molar-refractivity contribution is 5.89. The van der Waals surface area contributed by atoms with E-state index in [1.165, 1.54) is 50.0 Å². The lowest BCUT2D eigenvalue weighted by Gasteiger charge is -2.34. The second kappa shape index (κ2) is 13.5. The smallest absolute Gasteiger partial charge is 0.328 e. The van der Waals surface area contributed by atoms with E-state index >= 15 is 0 Å². The summed E-state index contributed by atoms with van der Waals surface area (Å²) in [6, 6.07) is 14.9. The van der Waals surface area contributed by atoms with Crippen LogP contribution in [0.1, 0.15) is 48.6 Å². The van der Waals surface area contributed by atoms with Crippen LogP contribution in [0.3, 0.4) is 0 Å². The molecule has 2 aromatic rings. The van der Waals surface area contributed by atoms with Crippen LogP contribution in [0.15, 0.2) is 54.6 Å². The molecule has 36 heavy (non-hydrogen) atoms. The number of methoxy groups -OCH3 is 2. The van der Waals surface area contributed by atoms with Gasteiger partial charge in [-0.15, -0.1) is 0 Å². The van der Waals surface area contributed by atoms with Crippen LogP contribution in [-0.4, -0.2) is 67.5 Å². The summed E-state index contributed by atoms with van der Waals surface area (Å²) in [6.07, 6.45) is 5.89. The van der Waals surface area contributed by atoms with Gasteiger partial charge >= 0.3 is 11.9 Å². The molecule has 1 saturated heterocycles. The maximum absolute atomic E-state index is 9.55. The number of carboxylic acid groups (broad SMARTS) is 2. The highest BCUT2D eigenvalue weighted by Gasteiger charge is 2.25. The largest absolute Gasteiger partial charge is 0.493 e. The third-order valence-electron chi connectivity index (χ3n) is 6.71. The van der Waals surface area contributed by atoms with Crippen molar-refractivity contribution in [1.29, 1.82) is 0 Å². The van der Waals surface area contributed by atoms with Crippen LogP contribution in [0.4, 0.5) is 0 Å². The average Bonchev–Trinajstić information content (AvgIpc) is 2.91. The van der Waals surface area contributed by atoms with Crippen LogP contribution < -0.4 is 14.2 Å². The number of ether oxygens (including phenoxy) is 3. The Morgan fingerprint density at radius 1 is 0.972 bits per heavy atom. The Morgan fingerprint density at radius 2 is 1.64 bits per heavy atom. The summed E-state index contributed by atoms with van der Waals surface area (Å²) in [4.78, 5) is 21.7. The molecule has 1 fully saturated rings. The number of fused-ring (bicyclic) bond motifs is 1. The van der Waals surface area contributed by atoms with Crippen molar-refractivity contribution >= 4 is 11.9 Å². The van der Waals surface area contributed by atoms with Crippen molar-refractivity contribution in [3.05, 3.63) is 65.7 Å². The monoisotopic (exact) mass is 497 g/mol. The van der Waals surface area contributed by atoms with E-state index in [4.69, 9.17) is 24.4 Å². The molecule has 0 radical (unpaired) electrons. The van der Waals surface area contributed by atoms with Crippen molar-refractivity contribution in [2.75, 3.05) is 40.5 Å². The number of benzene rings is 2. The molecular formula is C28H35NO7. The zero-order chi connectivity index (χ0) is 25.9. The zero-order valence-corrected chi connectivity index (χ0v) is 20.9. The maximum atomic E-state index is 9.55. The lowest BCUT2D eigenvalue weighted by molar-refractivity contribution is -0.134. The van der Waals surface area contributed by atoms with E-state index in [2.05, 4.69) is 41.3 Å². The van der Waals surface area contributed by atoms with Crippen LogP contribution in [-0.2, 0) is 9.59 Å². The first-order valence-electron chi connectivity index (χ1n) is 12.2. The number of piperidine rings is 1. The van der Waals surface area contributed by atoms with Gasteiger partial charge in [0.2, 0.25) is 0 Å². The van der Waals surface area contributed by atoms with Gasteiger partial charge in [0.25, 0.3) is 0 Å². The highest BCUT2D eigenvalue weighted by atomic mass is 16.5. The van der Waals surface area contributed by atoms with E-state index in [1.807, 2.05) is 6.07 Å². The molecule has 2 aliphatic heterocycles. The molecule has 2 aromatic carbocycles. The van der Waals surface area contributed by atoms with Crippen LogP contribution in [0.5, 0.6) is 17.2 Å². The number of likely N-dealkylation sites (tertiary alicyclic amines) is 1.